The number of halogens is 1. The van der Waals surface area contributed by atoms with Gasteiger partial charge in [0.15, 0.2) is 0 Å². The number of phenolic OH excluding ortho intramolecular Hbond substituents is 1. The van der Waals surface area contributed by atoms with E-state index in [1.165, 1.54) is 12.1 Å². The van der Waals surface area contributed by atoms with Gasteiger partial charge in [-0.2, -0.15) is 0 Å². The molecular weight excluding hydrogens is 215 g/mol. The fourth-order valence-electron chi connectivity index (χ4n) is 1.35. The van der Waals surface area contributed by atoms with Crippen molar-refractivity contribution in [3.05, 3.63) is 23.5 Å². The van der Waals surface area contributed by atoms with E-state index in [0.29, 0.717) is 5.56 Å². The smallest absolute Gasteiger partial charge is 0.144 e. The maximum atomic E-state index is 13.9. The van der Waals surface area contributed by atoms with Crippen LogP contribution >= 0.6 is 11.8 Å². The molecule has 0 aliphatic rings. The van der Waals surface area contributed by atoms with E-state index in [1.807, 2.05) is 0 Å². The molecule has 1 rings (SSSR count). The lowest BCUT2D eigenvalue weighted by atomic mass is 9.85. The number of benzene rings is 1. The first-order valence-corrected chi connectivity index (χ1v) is 5.83. The van der Waals surface area contributed by atoms with E-state index in [1.54, 1.807) is 20.1 Å². The molecule has 0 fully saturated rings. The second-order valence-corrected chi connectivity index (χ2v) is 4.84. The third-order valence-electron chi connectivity index (χ3n) is 2.40. The normalized spacial score (nSPS) is 11.8. The van der Waals surface area contributed by atoms with Crippen molar-refractivity contribution < 1.29 is 14.6 Å². The Hall–Kier alpha value is -0.740. The van der Waals surface area contributed by atoms with Gasteiger partial charge in [0.1, 0.15) is 11.6 Å². The molecule has 0 aliphatic carbocycles. The van der Waals surface area contributed by atoms with Crippen molar-refractivity contribution in [1.82, 2.24) is 0 Å². The van der Waals surface area contributed by atoms with E-state index in [9.17, 15) is 9.50 Å². The van der Waals surface area contributed by atoms with Gasteiger partial charge in [0.05, 0.1) is 11.5 Å². The molecule has 0 atom stereocenters. The zero-order valence-electron chi connectivity index (χ0n) is 9.04. The number of hydrogen-bond donors (Lipinski definition) is 2. The first kappa shape index (κ1) is 12.3. The highest BCUT2D eigenvalue weighted by Crippen LogP contribution is 2.35. The van der Waals surface area contributed by atoms with E-state index in [0.717, 1.165) is 11.8 Å². The van der Waals surface area contributed by atoms with E-state index >= 15 is 0 Å². The average Bonchev–Trinajstić information content (AvgIpc) is 2.18. The fourth-order valence-corrected chi connectivity index (χ4v) is 1.91. The number of thioether (sulfide) groups is 1. The molecule has 1 aromatic carbocycles. The van der Waals surface area contributed by atoms with Gasteiger partial charge in [-0.25, -0.2) is 4.39 Å². The monoisotopic (exact) mass is 230 g/mol. The van der Waals surface area contributed by atoms with Gasteiger partial charge < -0.3 is 10.2 Å². The van der Waals surface area contributed by atoms with Crippen LogP contribution < -0.4 is 0 Å². The SMILES string of the molecule is CSc1c(O)ccc(C(C)(C)CO)c1F. The number of hydrogen-bond acceptors (Lipinski definition) is 3. The topological polar surface area (TPSA) is 40.5 Å². The van der Waals surface area contributed by atoms with Gasteiger partial charge in [-0.3, -0.25) is 0 Å². The molecule has 0 radical (unpaired) electrons. The first-order chi connectivity index (χ1) is 6.94. The standard InChI is InChI=1S/C11H15FO2S/c1-11(2,6-13)7-4-5-8(14)10(15-3)9(7)12/h4-5,13-14H,6H2,1-3H3. The number of aliphatic hydroxyl groups is 1. The predicted molar refractivity (Wildman–Crippen MR) is 60.0 cm³/mol. The van der Waals surface area contributed by atoms with Crippen LogP contribution in [0.4, 0.5) is 4.39 Å². The molecule has 0 saturated heterocycles. The Morgan fingerprint density at radius 3 is 2.47 bits per heavy atom. The lowest BCUT2D eigenvalue weighted by Gasteiger charge is -2.23. The number of rotatable bonds is 3. The molecule has 0 saturated carbocycles. The van der Waals surface area contributed by atoms with E-state index in [4.69, 9.17) is 5.11 Å². The first-order valence-electron chi connectivity index (χ1n) is 4.61. The van der Waals surface area contributed by atoms with Crippen LogP contribution in [0.1, 0.15) is 19.4 Å². The molecule has 4 heteroatoms. The van der Waals surface area contributed by atoms with Gasteiger partial charge >= 0.3 is 0 Å². The van der Waals surface area contributed by atoms with Crippen molar-refractivity contribution in [3.63, 3.8) is 0 Å². The van der Waals surface area contributed by atoms with E-state index in [2.05, 4.69) is 0 Å². The molecule has 0 bridgehead atoms. The summed E-state index contributed by atoms with van der Waals surface area (Å²) in [5, 5.41) is 18.6. The maximum absolute atomic E-state index is 13.9. The van der Waals surface area contributed by atoms with Crippen LogP contribution in [-0.4, -0.2) is 23.1 Å². The van der Waals surface area contributed by atoms with Crippen LogP contribution in [0, 0.1) is 5.82 Å². The molecule has 0 amide bonds. The predicted octanol–water partition coefficient (Wildman–Crippen LogP) is 2.52. The zero-order valence-corrected chi connectivity index (χ0v) is 9.86. The van der Waals surface area contributed by atoms with Crippen molar-refractivity contribution in [2.24, 2.45) is 0 Å². The van der Waals surface area contributed by atoms with Crippen molar-refractivity contribution in [2.45, 2.75) is 24.2 Å². The summed E-state index contributed by atoms with van der Waals surface area (Å²) >= 11 is 1.16. The highest BCUT2D eigenvalue weighted by molar-refractivity contribution is 7.98. The van der Waals surface area contributed by atoms with Gasteiger partial charge in [-0.05, 0) is 17.9 Å². The van der Waals surface area contributed by atoms with Crippen LogP contribution in [0.2, 0.25) is 0 Å². The summed E-state index contributed by atoms with van der Waals surface area (Å²) in [5.41, 5.74) is -0.213. The van der Waals surface area contributed by atoms with Gasteiger partial charge in [-0.1, -0.05) is 19.9 Å². The van der Waals surface area contributed by atoms with Crippen molar-refractivity contribution in [3.8, 4) is 5.75 Å². The third kappa shape index (κ3) is 2.26. The fraction of sp³-hybridized carbons (Fsp3) is 0.455. The van der Waals surface area contributed by atoms with Crippen LogP contribution in [0.15, 0.2) is 17.0 Å². The lowest BCUT2D eigenvalue weighted by Crippen LogP contribution is -2.23. The molecule has 2 nitrogen and oxygen atoms in total. The molecule has 0 unspecified atom stereocenters. The number of aliphatic hydroxyl groups excluding tert-OH is 1. The second-order valence-electron chi connectivity index (χ2n) is 4.02. The average molecular weight is 230 g/mol. The van der Waals surface area contributed by atoms with Crippen molar-refractivity contribution in [2.75, 3.05) is 12.9 Å². The minimum atomic E-state index is -0.637. The van der Waals surface area contributed by atoms with E-state index < -0.39 is 11.2 Å². The van der Waals surface area contributed by atoms with Crippen LogP contribution in [-0.2, 0) is 5.41 Å². The van der Waals surface area contributed by atoms with Crippen LogP contribution in [0.25, 0.3) is 0 Å². The molecule has 0 spiro atoms. The summed E-state index contributed by atoms with van der Waals surface area (Å²) in [7, 11) is 0. The molecule has 0 aromatic heterocycles. The Kier molecular flexibility index (Phi) is 3.62. The third-order valence-corrected chi connectivity index (χ3v) is 3.20. The van der Waals surface area contributed by atoms with Crippen molar-refractivity contribution >= 4 is 11.8 Å². The minimum absolute atomic E-state index is 0.0579. The van der Waals surface area contributed by atoms with Crippen LogP contribution in [0.3, 0.4) is 0 Å². The Bertz CT molecular complexity index is 364. The number of aromatic hydroxyl groups is 1. The summed E-state index contributed by atoms with van der Waals surface area (Å²) in [6.07, 6.45) is 1.70. The quantitative estimate of drug-likeness (QED) is 0.784. The second kappa shape index (κ2) is 4.41. The maximum Gasteiger partial charge on any atom is 0.144 e. The van der Waals surface area contributed by atoms with Crippen LogP contribution in [0.5, 0.6) is 5.75 Å². The Balaban J connectivity index is 3.34. The summed E-state index contributed by atoms with van der Waals surface area (Å²) in [6.45, 7) is 3.38. The Morgan fingerprint density at radius 2 is 2.00 bits per heavy atom. The molecule has 84 valence electrons. The number of phenols is 1. The molecule has 15 heavy (non-hydrogen) atoms. The van der Waals surface area contributed by atoms with Gasteiger partial charge in [0.25, 0.3) is 0 Å². The molecule has 1 aromatic rings. The van der Waals surface area contributed by atoms with Gasteiger partial charge in [-0.15, -0.1) is 11.8 Å². The summed E-state index contributed by atoms with van der Waals surface area (Å²) in [6, 6.07) is 2.97. The summed E-state index contributed by atoms with van der Waals surface area (Å²) in [4.78, 5) is 0.231. The zero-order chi connectivity index (χ0) is 11.6. The lowest BCUT2D eigenvalue weighted by molar-refractivity contribution is 0.214. The minimum Gasteiger partial charge on any atom is -0.507 e. The van der Waals surface area contributed by atoms with Crippen molar-refractivity contribution in [1.29, 1.82) is 0 Å². The van der Waals surface area contributed by atoms with E-state index in [-0.39, 0.29) is 17.3 Å². The highest BCUT2D eigenvalue weighted by atomic mass is 32.2. The molecule has 0 aliphatic heterocycles. The highest BCUT2D eigenvalue weighted by Gasteiger charge is 2.25. The molecule has 0 heterocycles. The largest absolute Gasteiger partial charge is 0.507 e. The Morgan fingerprint density at radius 1 is 1.40 bits per heavy atom. The summed E-state index contributed by atoms with van der Waals surface area (Å²) < 4.78 is 13.9. The van der Waals surface area contributed by atoms with Gasteiger partial charge in [0.2, 0.25) is 0 Å². The molecular formula is C11H15FO2S. The van der Waals surface area contributed by atoms with Gasteiger partial charge in [0, 0.05) is 5.41 Å². The molecule has 2 N–H and O–H groups in total. The Labute approximate surface area is 93.1 Å². The summed E-state index contributed by atoms with van der Waals surface area (Å²) in [5.74, 6) is -0.501.